The minimum absolute atomic E-state index is 0.116. The lowest BCUT2D eigenvalue weighted by Gasteiger charge is -2.40. The predicted octanol–water partition coefficient (Wildman–Crippen LogP) is 1.93. The van der Waals surface area contributed by atoms with Gasteiger partial charge in [0, 0.05) is 25.7 Å². The van der Waals surface area contributed by atoms with Crippen LogP contribution in [-0.4, -0.2) is 59.3 Å². The standard InChI is InChI=1S/C15H24N4O3/c1-11-9-18(14(20)22-15(2,3)4)6-7-19(11)13-12(21-5)8-16-10-17-13/h8,10-11H,6-7,9H2,1-5H3/t11-/m0/s1. The molecule has 1 aliphatic heterocycles. The van der Waals surface area contributed by atoms with Crippen molar-refractivity contribution in [3.63, 3.8) is 0 Å². The Morgan fingerprint density at radius 1 is 1.36 bits per heavy atom. The van der Waals surface area contributed by atoms with Gasteiger partial charge in [0.1, 0.15) is 11.9 Å². The number of carbonyl (C=O) groups is 1. The first kappa shape index (κ1) is 16.3. The smallest absolute Gasteiger partial charge is 0.410 e. The van der Waals surface area contributed by atoms with E-state index in [-0.39, 0.29) is 12.1 Å². The van der Waals surface area contributed by atoms with Crippen molar-refractivity contribution in [2.24, 2.45) is 0 Å². The number of piperazine rings is 1. The van der Waals surface area contributed by atoms with Crippen LogP contribution in [0.5, 0.6) is 5.75 Å². The number of rotatable bonds is 2. The van der Waals surface area contributed by atoms with Crippen LogP contribution >= 0.6 is 0 Å². The van der Waals surface area contributed by atoms with Crippen molar-refractivity contribution in [1.29, 1.82) is 0 Å². The summed E-state index contributed by atoms with van der Waals surface area (Å²) in [6.45, 7) is 9.52. The maximum atomic E-state index is 12.2. The van der Waals surface area contributed by atoms with E-state index in [1.165, 1.54) is 6.33 Å². The Morgan fingerprint density at radius 3 is 2.68 bits per heavy atom. The van der Waals surface area contributed by atoms with E-state index in [1.54, 1.807) is 18.2 Å². The van der Waals surface area contributed by atoms with Crippen molar-refractivity contribution in [3.8, 4) is 5.75 Å². The second-order valence-corrected chi connectivity index (χ2v) is 6.38. The van der Waals surface area contributed by atoms with Gasteiger partial charge >= 0.3 is 6.09 Å². The molecule has 1 atom stereocenters. The summed E-state index contributed by atoms with van der Waals surface area (Å²) in [6.07, 6.45) is 2.88. The van der Waals surface area contributed by atoms with Crippen LogP contribution in [0.15, 0.2) is 12.5 Å². The summed E-state index contributed by atoms with van der Waals surface area (Å²) in [7, 11) is 1.60. The number of hydrogen-bond acceptors (Lipinski definition) is 6. The SMILES string of the molecule is COc1cncnc1N1CCN(C(=O)OC(C)(C)C)C[C@@H]1C. The maximum absolute atomic E-state index is 12.2. The third kappa shape index (κ3) is 3.78. The molecule has 2 rings (SSSR count). The number of ether oxygens (including phenoxy) is 2. The zero-order valence-corrected chi connectivity index (χ0v) is 13.9. The van der Waals surface area contributed by atoms with Crippen LogP contribution < -0.4 is 9.64 Å². The van der Waals surface area contributed by atoms with Crippen molar-refractivity contribution in [2.75, 3.05) is 31.6 Å². The van der Waals surface area contributed by atoms with E-state index in [9.17, 15) is 4.79 Å². The van der Waals surface area contributed by atoms with Gasteiger partial charge in [-0.15, -0.1) is 0 Å². The number of hydrogen-bond donors (Lipinski definition) is 0. The van der Waals surface area contributed by atoms with Crippen molar-refractivity contribution in [1.82, 2.24) is 14.9 Å². The van der Waals surface area contributed by atoms with Gasteiger partial charge in [-0.3, -0.25) is 0 Å². The zero-order valence-electron chi connectivity index (χ0n) is 13.9. The van der Waals surface area contributed by atoms with Crippen molar-refractivity contribution in [3.05, 3.63) is 12.5 Å². The summed E-state index contributed by atoms with van der Waals surface area (Å²) in [5.74, 6) is 1.40. The summed E-state index contributed by atoms with van der Waals surface area (Å²) < 4.78 is 10.7. The molecule has 1 aromatic rings. The molecule has 7 heteroatoms. The van der Waals surface area contributed by atoms with Gasteiger partial charge in [0.2, 0.25) is 0 Å². The fraction of sp³-hybridized carbons (Fsp3) is 0.667. The molecule has 0 saturated carbocycles. The Labute approximate surface area is 131 Å². The normalized spacial score (nSPS) is 19.0. The largest absolute Gasteiger partial charge is 0.491 e. The topological polar surface area (TPSA) is 67.8 Å². The van der Waals surface area contributed by atoms with E-state index in [0.29, 0.717) is 25.4 Å². The molecule has 1 aliphatic rings. The Bertz CT molecular complexity index is 530. The summed E-state index contributed by atoms with van der Waals surface area (Å²) in [5, 5.41) is 0. The lowest BCUT2D eigenvalue weighted by atomic mass is 10.2. The van der Waals surface area contributed by atoms with Crippen LogP contribution in [-0.2, 0) is 4.74 Å². The summed E-state index contributed by atoms with van der Waals surface area (Å²) in [5.41, 5.74) is -0.479. The number of amides is 1. The molecule has 1 saturated heterocycles. The number of aromatic nitrogens is 2. The Balaban J connectivity index is 2.05. The van der Waals surface area contributed by atoms with Gasteiger partial charge in [-0.2, -0.15) is 0 Å². The molecule has 2 heterocycles. The fourth-order valence-corrected chi connectivity index (χ4v) is 2.43. The second kappa shape index (κ2) is 6.37. The van der Waals surface area contributed by atoms with Gasteiger partial charge < -0.3 is 19.3 Å². The van der Waals surface area contributed by atoms with E-state index in [2.05, 4.69) is 21.8 Å². The second-order valence-electron chi connectivity index (χ2n) is 6.38. The predicted molar refractivity (Wildman–Crippen MR) is 83.2 cm³/mol. The number of anilines is 1. The molecule has 0 aliphatic carbocycles. The van der Waals surface area contributed by atoms with Crippen LogP contribution in [0, 0.1) is 0 Å². The van der Waals surface area contributed by atoms with Gasteiger partial charge in [-0.05, 0) is 27.7 Å². The minimum Gasteiger partial charge on any atom is -0.491 e. The molecule has 0 spiro atoms. The number of methoxy groups -OCH3 is 1. The monoisotopic (exact) mass is 308 g/mol. The van der Waals surface area contributed by atoms with Crippen LogP contribution in [0.1, 0.15) is 27.7 Å². The average Bonchev–Trinajstić information content (AvgIpc) is 2.45. The maximum Gasteiger partial charge on any atom is 0.410 e. The molecular weight excluding hydrogens is 284 g/mol. The number of nitrogens with zero attached hydrogens (tertiary/aromatic N) is 4. The quantitative estimate of drug-likeness (QED) is 0.831. The van der Waals surface area contributed by atoms with E-state index in [1.807, 2.05) is 20.8 Å². The highest BCUT2D eigenvalue weighted by atomic mass is 16.6. The highest BCUT2D eigenvalue weighted by Gasteiger charge is 2.31. The molecule has 1 fully saturated rings. The van der Waals surface area contributed by atoms with Crippen molar-refractivity contribution in [2.45, 2.75) is 39.3 Å². The fourth-order valence-electron chi connectivity index (χ4n) is 2.43. The highest BCUT2D eigenvalue weighted by Crippen LogP contribution is 2.27. The van der Waals surface area contributed by atoms with Crippen LogP contribution in [0.4, 0.5) is 10.6 Å². The van der Waals surface area contributed by atoms with E-state index in [4.69, 9.17) is 9.47 Å². The molecule has 0 N–H and O–H groups in total. The van der Waals surface area contributed by atoms with Crippen LogP contribution in [0.2, 0.25) is 0 Å². The summed E-state index contributed by atoms with van der Waals surface area (Å²) in [4.78, 5) is 24.3. The Kier molecular flexibility index (Phi) is 4.73. The summed E-state index contributed by atoms with van der Waals surface area (Å²) >= 11 is 0. The van der Waals surface area contributed by atoms with Gasteiger partial charge in [-0.1, -0.05) is 0 Å². The summed E-state index contributed by atoms with van der Waals surface area (Å²) in [6, 6.07) is 0.116. The molecule has 7 nitrogen and oxygen atoms in total. The lowest BCUT2D eigenvalue weighted by molar-refractivity contribution is 0.0218. The van der Waals surface area contributed by atoms with Crippen LogP contribution in [0.25, 0.3) is 0 Å². The van der Waals surface area contributed by atoms with E-state index < -0.39 is 5.60 Å². The lowest BCUT2D eigenvalue weighted by Crippen LogP contribution is -2.54. The van der Waals surface area contributed by atoms with Crippen LogP contribution in [0.3, 0.4) is 0 Å². The first-order chi connectivity index (χ1) is 10.3. The van der Waals surface area contributed by atoms with E-state index >= 15 is 0 Å². The molecular formula is C15H24N4O3. The molecule has 0 radical (unpaired) electrons. The molecule has 0 unspecified atom stereocenters. The average molecular weight is 308 g/mol. The van der Waals surface area contributed by atoms with Gasteiger partial charge in [0.25, 0.3) is 0 Å². The highest BCUT2D eigenvalue weighted by molar-refractivity contribution is 5.69. The van der Waals surface area contributed by atoms with Crippen molar-refractivity contribution < 1.29 is 14.3 Å². The minimum atomic E-state index is -0.479. The third-order valence-electron chi connectivity index (χ3n) is 3.43. The Morgan fingerprint density at radius 2 is 2.09 bits per heavy atom. The van der Waals surface area contributed by atoms with E-state index in [0.717, 1.165) is 5.82 Å². The molecule has 0 bridgehead atoms. The van der Waals surface area contributed by atoms with Gasteiger partial charge in [0.15, 0.2) is 11.6 Å². The van der Waals surface area contributed by atoms with Crippen molar-refractivity contribution >= 4 is 11.9 Å². The Hall–Kier alpha value is -2.05. The molecule has 1 aromatic heterocycles. The molecule has 0 aromatic carbocycles. The third-order valence-corrected chi connectivity index (χ3v) is 3.43. The van der Waals surface area contributed by atoms with Gasteiger partial charge in [-0.25, -0.2) is 14.8 Å². The van der Waals surface area contributed by atoms with Gasteiger partial charge in [0.05, 0.1) is 13.3 Å². The molecule has 22 heavy (non-hydrogen) atoms. The number of carbonyl (C=O) groups excluding carboxylic acids is 1. The first-order valence-corrected chi connectivity index (χ1v) is 7.40. The molecule has 122 valence electrons. The molecule has 1 amide bonds. The zero-order chi connectivity index (χ0) is 16.3. The first-order valence-electron chi connectivity index (χ1n) is 7.40.